The fraction of sp³-hybridized carbons (Fsp3) is 0.917. The number of thioether (sulfide) groups is 1. The Morgan fingerprint density at radius 3 is 2.88 bits per heavy atom. The average Bonchev–Trinajstić information content (AvgIpc) is 2.63. The Morgan fingerprint density at radius 1 is 1.50 bits per heavy atom. The van der Waals surface area contributed by atoms with Crippen molar-refractivity contribution in [3.05, 3.63) is 0 Å². The Balaban J connectivity index is 2.15. The first-order chi connectivity index (χ1) is 7.61. The molecule has 1 aliphatic carbocycles. The molecule has 0 aromatic heterocycles. The zero-order valence-corrected chi connectivity index (χ0v) is 11.3. The van der Waals surface area contributed by atoms with E-state index in [2.05, 4.69) is 12.2 Å². The maximum Gasteiger partial charge on any atom is 0.246 e. The lowest BCUT2D eigenvalue weighted by molar-refractivity contribution is -0.127. The van der Waals surface area contributed by atoms with Gasteiger partial charge in [-0.25, -0.2) is 0 Å². The van der Waals surface area contributed by atoms with Gasteiger partial charge < -0.3 is 10.1 Å². The summed E-state index contributed by atoms with van der Waals surface area (Å²) in [6, 6.07) is 0.368. The van der Waals surface area contributed by atoms with E-state index in [0.29, 0.717) is 6.04 Å². The van der Waals surface area contributed by atoms with Crippen molar-refractivity contribution in [3.8, 4) is 0 Å². The highest BCUT2D eigenvalue weighted by Gasteiger charge is 2.25. The van der Waals surface area contributed by atoms with Gasteiger partial charge in [0.2, 0.25) is 5.91 Å². The van der Waals surface area contributed by atoms with Crippen molar-refractivity contribution in [2.24, 2.45) is 0 Å². The summed E-state index contributed by atoms with van der Waals surface area (Å²) in [5.41, 5.74) is 0. The van der Waals surface area contributed by atoms with E-state index in [1.807, 2.05) is 25.6 Å². The SMILES string of the molecule is CCSC1CCC(NC(=O)COC(C)C)C1. The van der Waals surface area contributed by atoms with Gasteiger partial charge >= 0.3 is 0 Å². The Morgan fingerprint density at radius 2 is 2.25 bits per heavy atom. The molecule has 2 atom stereocenters. The van der Waals surface area contributed by atoms with Crippen LogP contribution in [0.1, 0.15) is 40.0 Å². The maximum absolute atomic E-state index is 11.5. The molecule has 0 aromatic rings. The zero-order valence-electron chi connectivity index (χ0n) is 10.5. The number of carbonyl (C=O) groups is 1. The summed E-state index contributed by atoms with van der Waals surface area (Å²) in [5, 5.41) is 3.78. The summed E-state index contributed by atoms with van der Waals surface area (Å²) >= 11 is 2.01. The molecular formula is C12H23NO2S. The van der Waals surface area contributed by atoms with Crippen molar-refractivity contribution in [2.75, 3.05) is 12.4 Å². The van der Waals surface area contributed by atoms with Crippen LogP contribution in [-0.2, 0) is 9.53 Å². The Labute approximate surface area is 103 Å². The lowest BCUT2D eigenvalue weighted by atomic mass is 10.2. The quantitative estimate of drug-likeness (QED) is 0.779. The normalized spacial score (nSPS) is 25.0. The molecule has 1 saturated carbocycles. The number of rotatable bonds is 6. The predicted octanol–water partition coefficient (Wildman–Crippen LogP) is 2.20. The number of ether oxygens (including phenoxy) is 1. The summed E-state index contributed by atoms with van der Waals surface area (Å²) in [6.07, 6.45) is 3.59. The number of carbonyl (C=O) groups excluding carboxylic acids is 1. The number of hydrogen-bond donors (Lipinski definition) is 1. The Hall–Kier alpha value is -0.220. The van der Waals surface area contributed by atoms with Crippen molar-refractivity contribution in [1.29, 1.82) is 0 Å². The number of amides is 1. The van der Waals surface area contributed by atoms with Crippen LogP contribution in [0.15, 0.2) is 0 Å². The summed E-state index contributed by atoms with van der Waals surface area (Å²) in [6.45, 7) is 6.26. The third-order valence-electron chi connectivity index (χ3n) is 2.70. The first-order valence-electron chi connectivity index (χ1n) is 6.14. The van der Waals surface area contributed by atoms with Crippen LogP contribution < -0.4 is 5.32 Å². The summed E-state index contributed by atoms with van der Waals surface area (Å²) in [5.74, 6) is 1.20. The van der Waals surface area contributed by atoms with Gasteiger partial charge in [-0.05, 0) is 38.9 Å². The van der Waals surface area contributed by atoms with Crippen LogP contribution in [-0.4, -0.2) is 35.7 Å². The number of hydrogen-bond acceptors (Lipinski definition) is 3. The summed E-state index contributed by atoms with van der Waals surface area (Å²) in [7, 11) is 0. The maximum atomic E-state index is 11.5. The molecule has 3 nitrogen and oxygen atoms in total. The van der Waals surface area contributed by atoms with E-state index in [0.717, 1.165) is 18.1 Å². The molecule has 16 heavy (non-hydrogen) atoms. The van der Waals surface area contributed by atoms with Crippen LogP contribution >= 0.6 is 11.8 Å². The fourth-order valence-corrected chi connectivity index (χ4v) is 3.11. The highest BCUT2D eigenvalue weighted by Crippen LogP contribution is 2.29. The second-order valence-electron chi connectivity index (χ2n) is 4.51. The molecule has 0 saturated heterocycles. The van der Waals surface area contributed by atoms with Crippen molar-refractivity contribution in [1.82, 2.24) is 5.32 Å². The molecule has 4 heteroatoms. The minimum atomic E-state index is 0.0286. The molecule has 1 N–H and O–H groups in total. The summed E-state index contributed by atoms with van der Waals surface area (Å²) < 4.78 is 5.27. The molecule has 0 aliphatic heterocycles. The van der Waals surface area contributed by atoms with Gasteiger partial charge in [0.25, 0.3) is 0 Å². The second kappa shape index (κ2) is 7.17. The Kier molecular flexibility index (Phi) is 6.21. The molecule has 0 spiro atoms. The van der Waals surface area contributed by atoms with Gasteiger partial charge in [-0.1, -0.05) is 6.92 Å². The van der Waals surface area contributed by atoms with E-state index >= 15 is 0 Å². The van der Waals surface area contributed by atoms with E-state index in [9.17, 15) is 4.79 Å². The van der Waals surface area contributed by atoms with Crippen molar-refractivity contribution < 1.29 is 9.53 Å². The Bertz CT molecular complexity index is 221. The molecule has 94 valence electrons. The summed E-state index contributed by atoms with van der Waals surface area (Å²) in [4.78, 5) is 11.5. The standard InChI is InChI=1S/C12H23NO2S/c1-4-16-11-6-5-10(7-11)13-12(14)8-15-9(2)3/h9-11H,4-8H2,1-3H3,(H,13,14). The van der Waals surface area contributed by atoms with Crippen LogP contribution in [0, 0.1) is 0 Å². The molecule has 2 unspecified atom stereocenters. The molecular weight excluding hydrogens is 222 g/mol. The molecule has 0 aromatic carbocycles. The molecule has 1 fully saturated rings. The second-order valence-corrected chi connectivity index (χ2v) is 6.09. The van der Waals surface area contributed by atoms with Gasteiger partial charge in [-0.3, -0.25) is 4.79 Å². The molecule has 1 aliphatic rings. The van der Waals surface area contributed by atoms with Gasteiger partial charge in [-0.2, -0.15) is 11.8 Å². The van der Waals surface area contributed by atoms with Gasteiger partial charge in [-0.15, -0.1) is 0 Å². The monoisotopic (exact) mass is 245 g/mol. The van der Waals surface area contributed by atoms with Crippen molar-refractivity contribution in [2.45, 2.75) is 57.4 Å². The third-order valence-corrected chi connectivity index (χ3v) is 3.93. The predicted molar refractivity (Wildman–Crippen MR) is 68.8 cm³/mol. The lowest BCUT2D eigenvalue weighted by Crippen LogP contribution is -2.36. The first-order valence-corrected chi connectivity index (χ1v) is 7.19. The van der Waals surface area contributed by atoms with Crippen molar-refractivity contribution in [3.63, 3.8) is 0 Å². The zero-order chi connectivity index (χ0) is 12.0. The molecule has 1 amide bonds. The molecule has 0 heterocycles. The highest BCUT2D eigenvalue weighted by molar-refractivity contribution is 7.99. The van der Waals surface area contributed by atoms with Crippen LogP contribution in [0.3, 0.4) is 0 Å². The van der Waals surface area contributed by atoms with Gasteiger partial charge in [0.05, 0.1) is 6.10 Å². The van der Waals surface area contributed by atoms with Crippen LogP contribution in [0.4, 0.5) is 0 Å². The van der Waals surface area contributed by atoms with Gasteiger partial charge in [0.15, 0.2) is 0 Å². The lowest BCUT2D eigenvalue weighted by Gasteiger charge is -2.14. The number of nitrogens with one attached hydrogen (secondary N) is 1. The van der Waals surface area contributed by atoms with Gasteiger partial charge in [0.1, 0.15) is 6.61 Å². The van der Waals surface area contributed by atoms with E-state index in [1.165, 1.54) is 12.2 Å². The molecule has 0 radical (unpaired) electrons. The van der Waals surface area contributed by atoms with Crippen molar-refractivity contribution >= 4 is 17.7 Å². The van der Waals surface area contributed by atoms with E-state index in [-0.39, 0.29) is 18.6 Å². The van der Waals surface area contributed by atoms with E-state index in [1.54, 1.807) is 0 Å². The topological polar surface area (TPSA) is 38.3 Å². The van der Waals surface area contributed by atoms with Crippen LogP contribution in [0.25, 0.3) is 0 Å². The molecule has 0 bridgehead atoms. The fourth-order valence-electron chi connectivity index (χ4n) is 1.97. The smallest absolute Gasteiger partial charge is 0.246 e. The highest BCUT2D eigenvalue weighted by atomic mass is 32.2. The van der Waals surface area contributed by atoms with Crippen LogP contribution in [0.2, 0.25) is 0 Å². The molecule has 1 rings (SSSR count). The third kappa shape index (κ3) is 5.21. The van der Waals surface area contributed by atoms with Crippen LogP contribution in [0.5, 0.6) is 0 Å². The minimum absolute atomic E-state index is 0.0286. The average molecular weight is 245 g/mol. The first kappa shape index (κ1) is 13.8. The van der Waals surface area contributed by atoms with E-state index < -0.39 is 0 Å². The largest absolute Gasteiger partial charge is 0.369 e. The van der Waals surface area contributed by atoms with Gasteiger partial charge in [0, 0.05) is 11.3 Å². The van der Waals surface area contributed by atoms with E-state index in [4.69, 9.17) is 4.74 Å². The minimum Gasteiger partial charge on any atom is -0.369 e.